The van der Waals surface area contributed by atoms with Gasteiger partial charge in [0.15, 0.2) is 0 Å². The van der Waals surface area contributed by atoms with Crippen LogP contribution >= 0.6 is 0 Å². The van der Waals surface area contributed by atoms with Crippen molar-refractivity contribution in [2.24, 2.45) is 0 Å². The summed E-state index contributed by atoms with van der Waals surface area (Å²) in [5.41, 5.74) is 16.4. The van der Waals surface area contributed by atoms with Crippen LogP contribution < -0.4 is 4.90 Å². The Morgan fingerprint density at radius 2 is 0.679 bits per heavy atom. The lowest BCUT2D eigenvalue weighted by Gasteiger charge is -2.27. The van der Waals surface area contributed by atoms with Crippen molar-refractivity contribution in [3.05, 3.63) is 231 Å². The first-order chi connectivity index (χ1) is 27.8. The first kappa shape index (κ1) is 33.2. The molecule has 0 amide bonds. The summed E-state index contributed by atoms with van der Waals surface area (Å²) in [6.45, 7) is 0. The lowest BCUT2D eigenvalue weighted by molar-refractivity contribution is 1.18. The molecule has 10 rings (SSSR count). The number of aromatic nitrogens is 1. The van der Waals surface area contributed by atoms with Gasteiger partial charge in [-0.1, -0.05) is 176 Å². The molecule has 56 heavy (non-hydrogen) atoms. The standard InChI is InChI=1S/C54H38N2/c1-4-16-39(17-5-1)40-28-32-44(33-29-40)55(46-36-37-47(41-18-6-2-7-19-41)51(38-46)42-20-8-3-9-21-42)45-34-30-43(31-35-45)48-22-10-13-25-52(48)56-53-26-14-11-23-49(53)50-24-12-15-27-54(50)56/h1-38H. The molecule has 0 atom stereocenters. The van der Waals surface area contributed by atoms with Crippen LogP contribution in [0.2, 0.25) is 0 Å². The first-order valence-electron chi connectivity index (χ1n) is 19.2. The molecule has 2 heteroatoms. The van der Waals surface area contributed by atoms with Gasteiger partial charge in [-0.15, -0.1) is 0 Å². The van der Waals surface area contributed by atoms with Gasteiger partial charge in [0.25, 0.3) is 0 Å². The van der Waals surface area contributed by atoms with E-state index in [1.165, 1.54) is 60.8 Å². The molecule has 1 aromatic heterocycles. The van der Waals surface area contributed by atoms with Gasteiger partial charge in [0, 0.05) is 33.4 Å². The minimum atomic E-state index is 1.09. The number of benzene rings is 9. The summed E-state index contributed by atoms with van der Waals surface area (Å²) in [6.07, 6.45) is 0. The van der Waals surface area contributed by atoms with Crippen LogP contribution in [-0.2, 0) is 0 Å². The van der Waals surface area contributed by atoms with Crippen LogP contribution in [0, 0.1) is 0 Å². The van der Waals surface area contributed by atoms with E-state index in [4.69, 9.17) is 0 Å². The Bertz CT molecular complexity index is 2870. The molecule has 0 aliphatic heterocycles. The van der Waals surface area contributed by atoms with E-state index in [1.54, 1.807) is 0 Å². The highest BCUT2D eigenvalue weighted by atomic mass is 15.1. The minimum absolute atomic E-state index is 1.09. The van der Waals surface area contributed by atoms with Crippen LogP contribution in [0.25, 0.3) is 72.0 Å². The van der Waals surface area contributed by atoms with E-state index >= 15 is 0 Å². The average molecular weight is 715 g/mol. The number of fused-ring (bicyclic) bond motifs is 3. The van der Waals surface area contributed by atoms with Crippen LogP contribution in [0.5, 0.6) is 0 Å². The minimum Gasteiger partial charge on any atom is -0.310 e. The van der Waals surface area contributed by atoms with Gasteiger partial charge in [-0.3, -0.25) is 0 Å². The highest BCUT2D eigenvalue weighted by Crippen LogP contribution is 2.42. The maximum Gasteiger partial charge on any atom is 0.0541 e. The van der Waals surface area contributed by atoms with Crippen molar-refractivity contribution >= 4 is 38.9 Å². The molecule has 9 aromatic carbocycles. The molecule has 0 saturated heterocycles. The van der Waals surface area contributed by atoms with Gasteiger partial charge in [0.1, 0.15) is 0 Å². The molecule has 0 aliphatic rings. The lowest BCUT2D eigenvalue weighted by atomic mass is 9.93. The topological polar surface area (TPSA) is 8.17 Å². The molecule has 0 bridgehead atoms. The second-order valence-electron chi connectivity index (χ2n) is 14.1. The molecule has 0 radical (unpaired) electrons. The predicted octanol–water partition coefficient (Wildman–Crippen LogP) is 14.9. The van der Waals surface area contributed by atoms with Crippen LogP contribution in [0.1, 0.15) is 0 Å². The summed E-state index contributed by atoms with van der Waals surface area (Å²) >= 11 is 0. The Kier molecular flexibility index (Phi) is 8.55. The van der Waals surface area contributed by atoms with E-state index in [0.29, 0.717) is 0 Å². The summed E-state index contributed by atoms with van der Waals surface area (Å²) < 4.78 is 2.41. The van der Waals surface area contributed by atoms with Crippen molar-refractivity contribution in [3.63, 3.8) is 0 Å². The zero-order valence-corrected chi connectivity index (χ0v) is 30.8. The summed E-state index contributed by atoms with van der Waals surface area (Å²) in [7, 11) is 0. The quantitative estimate of drug-likeness (QED) is 0.152. The first-order valence-corrected chi connectivity index (χ1v) is 19.2. The van der Waals surface area contributed by atoms with Crippen LogP contribution in [0.3, 0.4) is 0 Å². The van der Waals surface area contributed by atoms with Gasteiger partial charge in [0.05, 0.1) is 16.7 Å². The number of nitrogens with zero attached hydrogens (tertiary/aromatic N) is 2. The maximum absolute atomic E-state index is 2.41. The molecule has 1 heterocycles. The Morgan fingerprint density at radius 3 is 1.27 bits per heavy atom. The van der Waals surface area contributed by atoms with Crippen LogP contribution in [0.15, 0.2) is 231 Å². The molecule has 0 saturated carbocycles. The number of hydrogen-bond donors (Lipinski definition) is 0. The average Bonchev–Trinajstić information content (AvgIpc) is 3.62. The second-order valence-corrected chi connectivity index (χ2v) is 14.1. The third kappa shape index (κ3) is 6.04. The number of anilines is 3. The molecular weight excluding hydrogens is 677 g/mol. The normalized spacial score (nSPS) is 11.2. The van der Waals surface area contributed by atoms with E-state index in [1.807, 2.05) is 0 Å². The van der Waals surface area contributed by atoms with Gasteiger partial charge < -0.3 is 9.47 Å². The fourth-order valence-electron chi connectivity index (χ4n) is 8.16. The maximum atomic E-state index is 2.41. The van der Waals surface area contributed by atoms with Crippen molar-refractivity contribution in [2.45, 2.75) is 0 Å². The molecule has 2 nitrogen and oxygen atoms in total. The lowest BCUT2D eigenvalue weighted by Crippen LogP contribution is -2.10. The van der Waals surface area contributed by atoms with Gasteiger partial charge in [-0.2, -0.15) is 0 Å². The summed E-state index contributed by atoms with van der Waals surface area (Å²) in [5, 5.41) is 2.52. The largest absolute Gasteiger partial charge is 0.310 e. The highest BCUT2D eigenvalue weighted by Gasteiger charge is 2.19. The van der Waals surface area contributed by atoms with E-state index < -0.39 is 0 Å². The number of para-hydroxylation sites is 3. The zero-order chi connectivity index (χ0) is 37.3. The predicted molar refractivity (Wildman–Crippen MR) is 237 cm³/mol. The molecule has 0 unspecified atom stereocenters. The monoisotopic (exact) mass is 714 g/mol. The van der Waals surface area contributed by atoms with E-state index in [-0.39, 0.29) is 0 Å². The molecule has 0 aliphatic carbocycles. The van der Waals surface area contributed by atoms with E-state index in [0.717, 1.165) is 28.3 Å². The summed E-state index contributed by atoms with van der Waals surface area (Å²) in [5.74, 6) is 0. The number of hydrogen-bond acceptors (Lipinski definition) is 1. The Labute approximate surface area is 327 Å². The van der Waals surface area contributed by atoms with E-state index in [9.17, 15) is 0 Å². The van der Waals surface area contributed by atoms with Gasteiger partial charge >= 0.3 is 0 Å². The van der Waals surface area contributed by atoms with Gasteiger partial charge in [0.2, 0.25) is 0 Å². The van der Waals surface area contributed by atoms with Crippen LogP contribution in [0.4, 0.5) is 17.1 Å². The molecule has 0 fully saturated rings. The summed E-state index contributed by atoms with van der Waals surface area (Å²) in [6, 6.07) is 83.0. The van der Waals surface area contributed by atoms with Crippen molar-refractivity contribution in [3.8, 4) is 50.2 Å². The fourth-order valence-corrected chi connectivity index (χ4v) is 8.16. The van der Waals surface area contributed by atoms with Crippen molar-refractivity contribution in [1.29, 1.82) is 0 Å². The summed E-state index contributed by atoms with van der Waals surface area (Å²) in [4.78, 5) is 2.37. The Hall–Kier alpha value is -7.42. The molecule has 0 spiro atoms. The Morgan fingerprint density at radius 1 is 0.268 bits per heavy atom. The Balaban J connectivity index is 1.11. The second kappa shape index (κ2) is 14.4. The van der Waals surface area contributed by atoms with Crippen LogP contribution in [-0.4, -0.2) is 4.57 Å². The molecule has 10 aromatic rings. The van der Waals surface area contributed by atoms with E-state index in [2.05, 4.69) is 240 Å². The van der Waals surface area contributed by atoms with Crippen molar-refractivity contribution in [2.75, 3.05) is 4.90 Å². The third-order valence-electron chi connectivity index (χ3n) is 10.8. The van der Waals surface area contributed by atoms with Gasteiger partial charge in [-0.25, -0.2) is 0 Å². The zero-order valence-electron chi connectivity index (χ0n) is 30.8. The van der Waals surface area contributed by atoms with Crippen molar-refractivity contribution < 1.29 is 0 Å². The third-order valence-corrected chi connectivity index (χ3v) is 10.8. The molecule has 0 N–H and O–H groups in total. The fraction of sp³-hybridized carbons (Fsp3) is 0. The molecule has 264 valence electrons. The number of rotatable bonds is 8. The van der Waals surface area contributed by atoms with Gasteiger partial charge in [-0.05, 0) is 93.5 Å². The molecular formula is C54H38N2. The van der Waals surface area contributed by atoms with Crippen molar-refractivity contribution in [1.82, 2.24) is 4.57 Å². The highest BCUT2D eigenvalue weighted by molar-refractivity contribution is 6.09. The smallest absolute Gasteiger partial charge is 0.0541 e. The SMILES string of the molecule is c1ccc(-c2ccc(N(c3ccc(-c4ccccc4-n4c5ccccc5c5ccccc54)cc3)c3ccc(-c4ccccc4)c(-c4ccccc4)c3)cc2)cc1.